The Hall–Kier alpha value is -4.07. The van der Waals surface area contributed by atoms with Crippen LogP contribution in [0.1, 0.15) is 29.8 Å². The summed E-state index contributed by atoms with van der Waals surface area (Å²) < 4.78 is 15.5. The highest BCUT2D eigenvalue weighted by Crippen LogP contribution is 2.41. The van der Waals surface area contributed by atoms with Crippen LogP contribution in [0.4, 0.5) is 16.3 Å². The summed E-state index contributed by atoms with van der Waals surface area (Å²) in [6.45, 7) is 6.04. The van der Waals surface area contributed by atoms with E-state index in [1.807, 2.05) is 31.2 Å². The molecule has 8 heteroatoms. The molecular weight excluding hydrogens is 434 g/mol. The standard InChI is InChI=1S/C26H29N3O5/c1-15(2)28-19-10-7-17(8-11-19)20-13-21(25(30)33-5)23(16(3)24(20)32-4)18-9-12-22(27-14-18)29-26(31)34-6/h7-15,28H,1-6H3,(H,27,29,31). The zero-order chi connectivity index (χ0) is 24.8. The van der Waals surface area contributed by atoms with Gasteiger partial charge >= 0.3 is 12.1 Å². The number of hydrogen-bond donors (Lipinski definition) is 2. The van der Waals surface area contributed by atoms with Crippen LogP contribution < -0.4 is 15.4 Å². The number of anilines is 2. The Morgan fingerprint density at radius 1 is 0.941 bits per heavy atom. The summed E-state index contributed by atoms with van der Waals surface area (Å²) in [6.07, 6.45) is 0.957. The summed E-state index contributed by atoms with van der Waals surface area (Å²) in [6, 6.07) is 13.4. The minimum Gasteiger partial charge on any atom is -0.496 e. The number of carbonyl (C=O) groups excluding carboxylic acids is 2. The highest BCUT2D eigenvalue weighted by molar-refractivity contribution is 6.01. The lowest BCUT2D eigenvalue weighted by Gasteiger charge is -2.19. The van der Waals surface area contributed by atoms with Crippen molar-refractivity contribution in [2.75, 3.05) is 32.0 Å². The highest BCUT2D eigenvalue weighted by atomic mass is 16.5. The minimum atomic E-state index is -0.618. The van der Waals surface area contributed by atoms with Crippen molar-refractivity contribution < 1.29 is 23.8 Å². The van der Waals surface area contributed by atoms with E-state index in [1.54, 1.807) is 31.5 Å². The normalized spacial score (nSPS) is 10.6. The van der Waals surface area contributed by atoms with Crippen molar-refractivity contribution in [3.05, 3.63) is 59.8 Å². The van der Waals surface area contributed by atoms with Gasteiger partial charge in [-0.15, -0.1) is 0 Å². The van der Waals surface area contributed by atoms with E-state index in [0.717, 1.165) is 22.4 Å². The lowest BCUT2D eigenvalue weighted by Crippen LogP contribution is -2.12. The van der Waals surface area contributed by atoms with E-state index in [1.165, 1.54) is 14.2 Å². The average molecular weight is 464 g/mol. The molecule has 178 valence electrons. The molecule has 0 saturated heterocycles. The van der Waals surface area contributed by atoms with Gasteiger partial charge < -0.3 is 19.5 Å². The molecule has 0 atom stereocenters. The fraction of sp³-hybridized carbons (Fsp3) is 0.269. The van der Waals surface area contributed by atoms with E-state index in [0.29, 0.717) is 34.3 Å². The number of rotatable bonds is 7. The number of methoxy groups -OCH3 is 3. The van der Waals surface area contributed by atoms with Gasteiger partial charge in [0.1, 0.15) is 11.6 Å². The van der Waals surface area contributed by atoms with E-state index in [-0.39, 0.29) is 0 Å². The van der Waals surface area contributed by atoms with Gasteiger partial charge in [-0.1, -0.05) is 12.1 Å². The number of ether oxygens (including phenoxy) is 3. The Bertz CT molecular complexity index is 1170. The Kier molecular flexibility index (Phi) is 7.73. The van der Waals surface area contributed by atoms with Crippen molar-refractivity contribution in [1.29, 1.82) is 0 Å². The number of nitrogens with zero attached hydrogens (tertiary/aromatic N) is 1. The topological polar surface area (TPSA) is 98.8 Å². The fourth-order valence-electron chi connectivity index (χ4n) is 3.77. The van der Waals surface area contributed by atoms with Crippen LogP contribution >= 0.6 is 0 Å². The molecule has 2 N–H and O–H groups in total. The Morgan fingerprint density at radius 2 is 1.62 bits per heavy atom. The van der Waals surface area contributed by atoms with Gasteiger partial charge in [0.2, 0.25) is 0 Å². The van der Waals surface area contributed by atoms with Gasteiger partial charge in [-0.2, -0.15) is 0 Å². The Morgan fingerprint density at radius 3 is 2.15 bits per heavy atom. The summed E-state index contributed by atoms with van der Waals surface area (Å²) in [7, 11) is 4.22. The van der Waals surface area contributed by atoms with Crippen LogP contribution in [0.25, 0.3) is 22.3 Å². The first-order valence-corrected chi connectivity index (χ1v) is 10.8. The van der Waals surface area contributed by atoms with E-state index < -0.39 is 12.1 Å². The van der Waals surface area contributed by atoms with Crippen molar-refractivity contribution in [3.8, 4) is 28.0 Å². The predicted molar refractivity (Wildman–Crippen MR) is 133 cm³/mol. The number of carbonyl (C=O) groups is 2. The maximum Gasteiger partial charge on any atom is 0.412 e. The molecule has 0 spiro atoms. The summed E-state index contributed by atoms with van der Waals surface area (Å²) >= 11 is 0. The first-order chi connectivity index (χ1) is 16.3. The number of hydrogen-bond acceptors (Lipinski definition) is 7. The molecule has 1 amide bonds. The van der Waals surface area contributed by atoms with Crippen LogP contribution in [0.15, 0.2) is 48.7 Å². The highest BCUT2D eigenvalue weighted by Gasteiger charge is 2.23. The molecule has 0 fully saturated rings. The predicted octanol–water partition coefficient (Wildman–Crippen LogP) is 5.52. The summed E-state index contributed by atoms with van der Waals surface area (Å²) in [5, 5.41) is 5.88. The summed E-state index contributed by atoms with van der Waals surface area (Å²) in [5.74, 6) is 0.493. The van der Waals surface area contributed by atoms with Crippen molar-refractivity contribution in [2.24, 2.45) is 0 Å². The van der Waals surface area contributed by atoms with Gasteiger partial charge in [0.05, 0.1) is 26.9 Å². The van der Waals surface area contributed by atoms with Crippen molar-refractivity contribution in [2.45, 2.75) is 26.8 Å². The molecule has 2 aromatic carbocycles. The van der Waals surface area contributed by atoms with Crippen LogP contribution in [0.2, 0.25) is 0 Å². The van der Waals surface area contributed by atoms with Gasteiger partial charge in [-0.3, -0.25) is 5.32 Å². The van der Waals surface area contributed by atoms with E-state index >= 15 is 0 Å². The lowest BCUT2D eigenvalue weighted by atomic mass is 9.90. The third kappa shape index (κ3) is 5.28. The van der Waals surface area contributed by atoms with Crippen molar-refractivity contribution in [3.63, 3.8) is 0 Å². The Labute approximate surface area is 199 Å². The zero-order valence-corrected chi connectivity index (χ0v) is 20.2. The molecule has 8 nitrogen and oxygen atoms in total. The molecule has 0 aliphatic rings. The van der Waals surface area contributed by atoms with Crippen molar-refractivity contribution in [1.82, 2.24) is 4.98 Å². The van der Waals surface area contributed by atoms with E-state index in [2.05, 4.69) is 34.2 Å². The molecule has 0 aliphatic carbocycles. The summed E-state index contributed by atoms with van der Waals surface area (Å²) in [4.78, 5) is 28.5. The number of benzene rings is 2. The van der Waals surface area contributed by atoms with E-state index in [4.69, 9.17) is 9.47 Å². The van der Waals surface area contributed by atoms with Crippen molar-refractivity contribution >= 4 is 23.6 Å². The van der Waals surface area contributed by atoms with Crippen LogP contribution in [0, 0.1) is 6.92 Å². The fourth-order valence-corrected chi connectivity index (χ4v) is 3.77. The van der Waals surface area contributed by atoms with Gasteiger partial charge in [0.15, 0.2) is 0 Å². The quantitative estimate of drug-likeness (QED) is 0.445. The lowest BCUT2D eigenvalue weighted by molar-refractivity contribution is 0.0601. The van der Waals surface area contributed by atoms with Gasteiger partial charge in [0.25, 0.3) is 0 Å². The first-order valence-electron chi connectivity index (χ1n) is 10.8. The molecular formula is C26H29N3O5. The van der Waals surface area contributed by atoms with Crippen LogP contribution in [0.5, 0.6) is 5.75 Å². The third-order valence-electron chi connectivity index (χ3n) is 5.25. The molecule has 0 unspecified atom stereocenters. The Balaban J connectivity index is 2.13. The molecule has 0 radical (unpaired) electrons. The first kappa shape index (κ1) is 24.6. The van der Waals surface area contributed by atoms with E-state index in [9.17, 15) is 9.59 Å². The molecule has 0 saturated carbocycles. The SMILES string of the molecule is COC(=O)Nc1ccc(-c2c(C(=O)OC)cc(-c3ccc(NC(C)C)cc3)c(OC)c2C)cn1. The number of aromatic nitrogens is 1. The molecule has 1 aromatic heterocycles. The van der Waals surface area contributed by atoms with Gasteiger partial charge in [0, 0.05) is 40.2 Å². The second-order valence-electron chi connectivity index (χ2n) is 7.92. The zero-order valence-electron chi connectivity index (χ0n) is 20.2. The number of pyridine rings is 1. The third-order valence-corrected chi connectivity index (χ3v) is 5.25. The average Bonchev–Trinajstić information content (AvgIpc) is 2.83. The monoisotopic (exact) mass is 463 g/mol. The van der Waals surface area contributed by atoms with Gasteiger partial charge in [-0.25, -0.2) is 14.6 Å². The number of esters is 1. The van der Waals surface area contributed by atoms with Gasteiger partial charge in [-0.05, 0) is 56.7 Å². The summed E-state index contributed by atoms with van der Waals surface area (Å²) in [5.41, 5.74) is 5.15. The molecule has 0 aliphatic heterocycles. The van der Waals surface area contributed by atoms with Crippen LogP contribution in [0.3, 0.4) is 0 Å². The molecule has 3 aromatic rings. The smallest absolute Gasteiger partial charge is 0.412 e. The molecule has 0 bridgehead atoms. The van der Waals surface area contributed by atoms with Crippen LogP contribution in [-0.4, -0.2) is 44.4 Å². The minimum absolute atomic E-state index is 0.315. The number of nitrogens with one attached hydrogen (secondary N) is 2. The largest absolute Gasteiger partial charge is 0.496 e. The maximum absolute atomic E-state index is 12.8. The molecule has 34 heavy (non-hydrogen) atoms. The number of amides is 1. The second-order valence-corrected chi connectivity index (χ2v) is 7.92. The maximum atomic E-state index is 12.8. The van der Waals surface area contributed by atoms with Crippen LogP contribution in [-0.2, 0) is 9.47 Å². The molecule has 3 rings (SSSR count). The molecule has 1 heterocycles. The second kappa shape index (κ2) is 10.7.